The standard InChI is InChI=1S/C18H22F3N3/c1-12(2)11-23-16-5-4-15(18(19,20)21)10-17(16)24-13(3)14-6-8-22-9-7-14/h4-6,8,10,12,23H,7,9,11H2,1-3H3. The van der Waals surface area contributed by atoms with Crippen LogP contribution in [0.4, 0.5) is 24.5 Å². The molecule has 0 aliphatic carbocycles. The monoisotopic (exact) mass is 337 g/mol. The average Bonchev–Trinajstić information content (AvgIpc) is 2.53. The number of halogens is 3. The Morgan fingerprint density at radius 3 is 2.67 bits per heavy atom. The van der Waals surface area contributed by atoms with Gasteiger partial charge in [0.15, 0.2) is 0 Å². The molecule has 0 saturated heterocycles. The smallest absolute Gasteiger partial charge is 0.383 e. The van der Waals surface area contributed by atoms with Gasteiger partial charge < -0.3 is 5.32 Å². The minimum atomic E-state index is -4.38. The minimum absolute atomic E-state index is 0.311. The van der Waals surface area contributed by atoms with Crippen LogP contribution in [0, 0.1) is 5.92 Å². The summed E-state index contributed by atoms with van der Waals surface area (Å²) in [6, 6.07) is 3.64. The van der Waals surface area contributed by atoms with Crippen molar-refractivity contribution in [1.29, 1.82) is 0 Å². The number of nitrogens with zero attached hydrogens (tertiary/aromatic N) is 2. The van der Waals surface area contributed by atoms with Crippen LogP contribution in [0.15, 0.2) is 39.8 Å². The van der Waals surface area contributed by atoms with Gasteiger partial charge in [-0.05, 0) is 49.1 Å². The number of alkyl halides is 3. The van der Waals surface area contributed by atoms with Gasteiger partial charge >= 0.3 is 6.18 Å². The van der Waals surface area contributed by atoms with E-state index in [1.807, 2.05) is 26.8 Å². The number of hydrogen-bond donors (Lipinski definition) is 1. The summed E-state index contributed by atoms with van der Waals surface area (Å²) in [6.45, 7) is 7.24. The Kier molecular flexibility index (Phi) is 5.80. The molecule has 0 radical (unpaired) electrons. The molecule has 1 aliphatic rings. The van der Waals surface area contributed by atoms with Gasteiger partial charge in [-0.15, -0.1) is 0 Å². The van der Waals surface area contributed by atoms with Gasteiger partial charge in [0.2, 0.25) is 0 Å². The van der Waals surface area contributed by atoms with E-state index < -0.39 is 11.7 Å². The first-order valence-corrected chi connectivity index (χ1v) is 7.97. The second-order valence-electron chi connectivity index (χ2n) is 6.20. The van der Waals surface area contributed by atoms with Crippen LogP contribution in [0.3, 0.4) is 0 Å². The number of aliphatic imine (C=N–C) groups is 2. The quantitative estimate of drug-likeness (QED) is 0.730. The van der Waals surface area contributed by atoms with Crippen LogP contribution < -0.4 is 5.32 Å². The highest BCUT2D eigenvalue weighted by Crippen LogP contribution is 2.35. The molecule has 1 heterocycles. The third kappa shape index (κ3) is 4.94. The van der Waals surface area contributed by atoms with Crippen molar-refractivity contribution in [3.8, 4) is 0 Å². The summed E-state index contributed by atoms with van der Waals surface area (Å²) in [5, 5.41) is 3.18. The van der Waals surface area contributed by atoms with Gasteiger partial charge in [-0.2, -0.15) is 13.2 Å². The lowest BCUT2D eigenvalue weighted by molar-refractivity contribution is -0.137. The van der Waals surface area contributed by atoms with Gasteiger partial charge in [-0.3, -0.25) is 9.98 Å². The summed E-state index contributed by atoms with van der Waals surface area (Å²) in [4.78, 5) is 8.57. The highest BCUT2D eigenvalue weighted by atomic mass is 19.4. The molecule has 0 aromatic heterocycles. The summed E-state index contributed by atoms with van der Waals surface area (Å²) >= 11 is 0. The van der Waals surface area contributed by atoms with E-state index in [0.29, 0.717) is 36.1 Å². The maximum absolute atomic E-state index is 13.0. The van der Waals surface area contributed by atoms with Gasteiger partial charge in [0.25, 0.3) is 0 Å². The second kappa shape index (κ2) is 7.64. The fraction of sp³-hybridized carbons (Fsp3) is 0.444. The molecule has 0 amide bonds. The lowest BCUT2D eigenvalue weighted by Gasteiger charge is -2.15. The number of allylic oxidation sites excluding steroid dienone is 1. The fourth-order valence-electron chi connectivity index (χ4n) is 2.30. The first-order valence-electron chi connectivity index (χ1n) is 7.97. The molecule has 0 spiro atoms. The van der Waals surface area contributed by atoms with Crippen molar-refractivity contribution in [2.75, 3.05) is 18.4 Å². The molecule has 0 bridgehead atoms. The third-order valence-electron chi connectivity index (χ3n) is 3.67. The van der Waals surface area contributed by atoms with Gasteiger partial charge in [0.1, 0.15) is 0 Å². The number of dihydropyridines is 1. The van der Waals surface area contributed by atoms with Crippen molar-refractivity contribution in [3.63, 3.8) is 0 Å². The van der Waals surface area contributed by atoms with Crippen LogP contribution in [0.1, 0.15) is 32.8 Å². The number of benzene rings is 1. The Bertz CT molecular complexity index is 671. The van der Waals surface area contributed by atoms with Gasteiger partial charge in [-0.1, -0.05) is 13.8 Å². The summed E-state index contributed by atoms with van der Waals surface area (Å²) in [5.74, 6) is 0.377. The van der Waals surface area contributed by atoms with E-state index >= 15 is 0 Å². The Labute approximate surface area is 140 Å². The third-order valence-corrected chi connectivity index (χ3v) is 3.67. The maximum atomic E-state index is 13.0. The largest absolute Gasteiger partial charge is 0.416 e. The van der Waals surface area contributed by atoms with E-state index in [4.69, 9.17) is 0 Å². The number of rotatable bonds is 5. The van der Waals surface area contributed by atoms with Crippen LogP contribution in [0.25, 0.3) is 0 Å². The fourth-order valence-corrected chi connectivity index (χ4v) is 2.30. The van der Waals surface area contributed by atoms with Crippen molar-refractivity contribution >= 4 is 23.3 Å². The second-order valence-corrected chi connectivity index (χ2v) is 6.20. The van der Waals surface area contributed by atoms with Crippen molar-refractivity contribution < 1.29 is 13.2 Å². The predicted octanol–water partition coefficient (Wildman–Crippen LogP) is 5.27. The van der Waals surface area contributed by atoms with Crippen LogP contribution >= 0.6 is 0 Å². The van der Waals surface area contributed by atoms with E-state index in [0.717, 1.165) is 24.1 Å². The molecule has 3 nitrogen and oxygen atoms in total. The molecule has 130 valence electrons. The predicted molar refractivity (Wildman–Crippen MR) is 93.6 cm³/mol. The molecule has 0 saturated carbocycles. The molecule has 2 rings (SSSR count). The molecule has 6 heteroatoms. The summed E-state index contributed by atoms with van der Waals surface area (Å²) in [5.41, 5.74) is 1.95. The SMILES string of the molecule is CC(=Nc1cc(C(F)(F)F)ccc1NCC(C)C)C1=CC=NCC1. The Hall–Kier alpha value is -2.11. The van der Waals surface area contributed by atoms with E-state index in [-0.39, 0.29) is 0 Å². The van der Waals surface area contributed by atoms with E-state index in [1.165, 1.54) is 6.07 Å². The molecule has 0 atom stereocenters. The molecule has 1 aliphatic heterocycles. The van der Waals surface area contributed by atoms with Crippen LogP contribution in [0.2, 0.25) is 0 Å². The van der Waals surface area contributed by atoms with Crippen molar-refractivity contribution in [2.24, 2.45) is 15.9 Å². The van der Waals surface area contributed by atoms with Crippen molar-refractivity contribution in [2.45, 2.75) is 33.4 Å². The number of nitrogens with one attached hydrogen (secondary N) is 1. The molecule has 1 aromatic rings. The molecule has 0 unspecified atom stereocenters. The zero-order valence-electron chi connectivity index (χ0n) is 14.1. The zero-order chi connectivity index (χ0) is 17.7. The topological polar surface area (TPSA) is 36.8 Å². The van der Waals surface area contributed by atoms with Crippen LogP contribution in [-0.4, -0.2) is 25.0 Å². The lowest BCUT2D eigenvalue weighted by atomic mass is 10.1. The summed E-state index contributed by atoms with van der Waals surface area (Å²) in [6.07, 6.45) is -0.0653. The molecule has 1 aromatic carbocycles. The number of hydrogen-bond acceptors (Lipinski definition) is 3. The maximum Gasteiger partial charge on any atom is 0.416 e. The summed E-state index contributed by atoms with van der Waals surface area (Å²) < 4.78 is 39.0. The Balaban J connectivity index is 2.39. The van der Waals surface area contributed by atoms with Gasteiger partial charge in [0.05, 0.1) is 16.9 Å². The van der Waals surface area contributed by atoms with E-state index in [9.17, 15) is 13.2 Å². The van der Waals surface area contributed by atoms with Crippen molar-refractivity contribution in [3.05, 3.63) is 35.4 Å². The molecule has 0 fully saturated rings. The van der Waals surface area contributed by atoms with Gasteiger partial charge in [0, 0.05) is 25.0 Å². The molecule has 1 N–H and O–H groups in total. The van der Waals surface area contributed by atoms with Crippen LogP contribution in [0.5, 0.6) is 0 Å². The van der Waals surface area contributed by atoms with E-state index in [1.54, 1.807) is 6.21 Å². The zero-order valence-corrected chi connectivity index (χ0v) is 14.1. The minimum Gasteiger partial charge on any atom is -0.383 e. The number of anilines is 1. The average molecular weight is 337 g/mol. The van der Waals surface area contributed by atoms with Crippen LogP contribution in [-0.2, 0) is 6.18 Å². The Morgan fingerprint density at radius 1 is 1.33 bits per heavy atom. The first-order chi connectivity index (χ1) is 11.3. The lowest BCUT2D eigenvalue weighted by Crippen LogP contribution is -2.10. The first kappa shape index (κ1) is 18.2. The van der Waals surface area contributed by atoms with Gasteiger partial charge in [-0.25, -0.2) is 0 Å². The highest BCUT2D eigenvalue weighted by Gasteiger charge is 2.31. The van der Waals surface area contributed by atoms with Crippen molar-refractivity contribution in [1.82, 2.24) is 0 Å². The van der Waals surface area contributed by atoms with E-state index in [2.05, 4.69) is 15.3 Å². The molecular weight excluding hydrogens is 315 g/mol. The summed E-state index contributed by atoms with van der Waals surface area (Å²) in [7, 11) is 0. The molecular formula is C18H22F3N3. The molecule has 24 heavy (non-hydrogen) atoms. The highest BCUT2D eigenvalue weighted by molar-refractivity contribution is 6.03. The Morgan fingerprint density at radius 2 is 2.08 bits per heavy atom. The normalized spacial score (nSPS) is 15.6.